The maximum atomic E-state index is 12.1. The lowest BCUT2D eigenvalue weighted by molar-refractivity contribution is 0.0946. The first-order valence-electron chi connectivity index (χ1n) is 8.87. The highest BCUT2D eigenvalue weighted by Crippen LogP contribution is 2.18. The Morgan fingerprint density at radius 2 is 2.00 bits per heavy atom. The molecule has 2 aromatic rings. The number of piperidine rings is 1. The van der Waals surface area contributed by atoms with E-state index in [0.29, 0.717) is 18.8 Å². The summed E-state index contributed by atoms with van der Waals surface area (Å²) >= 11 is 1.42. The number of halogens is 2. The van der Waals surface area contributed by atoms with Crippen molar-refractivity contribution in [3.8, 4) is 0 Å². The van der Waals surface area contributed by atoms with Crippen molar-refractivity contribution in [3.05, 3.63) is 51.5 Å². The van der Waals surface area contributed by atoms with Crippen LogP contribution in [0.1, 0.15) is 46.4 Å². The molecule has 1 aliphatic heterocycles. The summed E-state index contributed by atoms with van der Waals surface area (Å²) < 4.78 is 0. The lowest BCUT2D eigenvalue weighted by Crippen LogP contribution is -2.33. The Balaban J connectivity index is 0.00000182. The van der Waals surface area contributed by atoms with Crippen molar-refractivity contribution in [2.24, 2.45) is 11.7 Å². The number of likely N-dealkylation sites (tertiary alicyclic amines) is 1. The van der Waals surface area contributed by atoms with E-state index in [4.69, 9.17) is 5.73 Å². The first-order valence-corrected chi connectivity index (χ1v) is 9.75. The molecular weight excluding hydrogens is 403 g/mol. The molecule has 1 fully saturated rings. The molecule has 0 bridgehead atoms. The minimum atomic E-state index is -0.151. The number of rotatable bonds is 6. The van der Waals surface area contributed by atoms with E-state index in [2.05, 4.69) is 46.4 Å². The number of aromatic nitrogens is 1. The molecule has 1 aromatic carbocycles. The highest BCUT2D eigenvalue weighted by molar-refractivity contribution is 7.09. The molecule has 2 heterocycles. The zero-order valence-electron chi connectivity index (χ0n) is 15.5. The molecule has 8 heteroatoms. The first-order chi connectivity index (χ1) is 12.1. The Kier molecular flexibility index (Phi) is 10.3. The van der Waals surface area contributed by atoms with Crippen molar-refractivity contribution in [1.29, 1.82) is 0 Å². The number of nitrogens with zero attached hydrogens (tertiary/aromatic N) is 2. The number of hydrogen-bond acceptors (Lipinski definition) is 5. The number of nitrogens with one attached hydrogen (secondary N) is 1. The Bertz CT molecular complexity index is 708. The predicted octanol–water partition coefficient (Wildman–Crippen LogP) is 3.61. The SMILES string of the molecule is CC1CCCN(Cc2ccc(CNC(=O)c3csc(CN)n3)cc2)C1.Cl.Cl. The predicted molar refractivity (Wildman–Crippen MR) is 116 cm³/mol. The largest absolute Gasteiger partial charge is 0.347 e. The molecule has 3 N–H and O–H groups in total. The highest BCUT2D eigenvalue weighted by atomic mass is 35.5. The molecule has 1 atom stereocenters. The van der Waals surface area contributed by atoms with E-state index in [0.717, 1.165) is 23.0 Å². The van der Waals surface area contributed by atoms with Gasteiger partial charge in [0.05, 0.1) is 0 Å². The number of thiazole rings is 1. The summed E-state index contributed by atoms with van der Waals surface area (Å²) in [5, 5.41) is 5.44. The third-order valence-electron chi connectivity index (χ3n) is 4.58. The van der Waals surface area contributed by atoms with E-state index in [1.54, 1.807) is 5.38 Å². The third-order valence-corrected chi connectivity index (χ3v) is 5.45. The number of hydrogen-bond donors (Lipinski definition) is 2. The Labute approximate surface area is 177 Å². The monoisotopic (exact) mass is 430 g/mol. The fraction of sp³-hybridized carbons (Fsp3) is 0.474. The number of benzene rings is 1. The van der Waals surface area contributed by atoms with Gasteiger partial charge in [0.1, 0.15) is 10.7 Å². The van der Waals surface area contributed by atoms with Crippen LogP contribution < -0.4 is 11.1 Å². The summed E-state index contributed by atoms with van der Waals surface area (Å²) in [6, 6.07) is 8.51. The van der Waals surface area contributed by atoms with Crippen LogP contribution in [-0.2, 0) is 19.6 Å². The fourth-order valence-electron chi connectivity index (χ4n) is 3.23. The Morgan fingerprint density at radius 3 is 2.63 bits per heavy atom. The molecule has 0 aliphatic carbocycles. The summed E-state index contributed by atoms with van der Waals surface area (Å²) in [5.74, 6) is 0.649. The van der Waals surface area contributed by atoms with Gasteiger partial charge in [0.2, 0.25) is 0 Å². The summed E-state index contributed by atoms with van der Waals surface area (Å²) in [6.45, 7) is 6.61. The topological polar surface area (TPSA) is 71.2 Å². The summed E-state index contributed by atoms with van der Waals surface area (Å²) in [4.78, 5) is 18.8. The second-order valence-electron chi connectivity index (χ2n) is 6.81. The molecule has 1 aliphatic rings. The minimum Gasteiger partial charge on any atom is -0.347 e. The number of carbonyl (C=O) groups excluding carboxylic acids is 1. The van der Waals surface area contributed by atoms with Gasteiger partial charge in [0.25, 0.3) is 5.91 Å². The van der Waals surface area contributed by atoms with Gasteiger partial charge in [-0.2, -0.15) is 0 Å². The lowest BCUT2D eigenvalue weighted by Gasteiger charge is -2.30. The Morgan fingerprint density at radius 1 is 1.30 bits per heavy atom. The van der Waals surface area contributed by atoms with Crippen molar-refractivity contribution in [2.45, 2.75) is 39.4 Å². The van der Waals surface area contributed by atoms with Crippen LogP contribution in [0, 0.1) is 5.92 Å². The van der Waals surface area contributed by atoms with E-state index in [-0.39, 0.29) is 30.7 Å². The van der Waals surface area contributed by atoms with Gasteiger partial charge in [-0.3, -0.25) is 9.69 Å². The third kappa shape index (κ3) is 7.05. The molecule has 1 unspecified atom stereocenters. The number of amides is 1. The standard InChI is InChI=1S/C19H26N4OS.2ClH/c1-14-3-2-8-23(11-14)12-16-6-4-15(5-7-16)10-21-19(24)17-13-25-18(9-20)22-17;;/h4-7,13-14H,2-3,8-12,20H2,1H3,(H,21,24);2*1H. The van der Waals surface area contributed by atoms with Crippen LogP contribution >= 0.6 is 36.2 Å². The van der Waals surface area contributed by atoms with Crippen molar-refractivity contribution < 1.29 is 4.79 Å². The van der Waals surface area contributed by atoms with Crippen LogP contribution in [-0.4, -0.2) is 28.9 Å². The van der Waals surface area contributed by atoms with Crippen molar-refractivity contribution in [2.75, 3.05) is 13.1 Å². The van der Waals surface area contributed by atoms with Gasteiger partial charge >= 0.3 is 0 Å². The molecule has 1 aromatic heterocycles. The molecule has 0 radical (unpaired) electrons. The highest BCUT2D eigenvalue weighted by Gasteiger charge is 2.16. The van der Waals surface area contributed by atoms with Crippen LogP contribution in [0.25, 0.3) is 0 Å². The van der Waals surface area contributed by atoms with E-state index >= 15 is 0 Å². The lowest BCUT2D eigenvalue weighted by atomic mass is 9.99. The molecule has 0 saturated carbocycles. The second kappa shape index (κ2) is 11.6. The zero-order chi connectivity index (χ0) is 17.6. The van der Waals surface area contributed by atoms with Crippen LogP contribution in [0.2, 0.25) is 0 Å². The van der Waals surface area contributed by atoms with Crippen molar-refractivity contribution >= 4 is 42.1 Å². The van der Waals surface area contributed by atoms with Crippen LogP contribution in [0.4, 0.5) is 0 Å². The molecule has 150 valence electrons. The van der Waals surface area contributed by atoms with Gasteiger partial charge in [-0.15, -0.1) is 36.2 Å². The maximum Gasteiger partial charge on any atom is 0.271 e. The van der Waals surface area contributed by atoms with E-state index in [1.165, 1.54) is 42.8 Å². The molecule has 27 heavy (non-hydrogen) atoms. The number of carbonyl (C=O) groups is 1. The summed E-state index contributed by atoms with van der Waals surface area (Å²) in [6.07, 6.45) is 2.65. The van der Waals surface area contributed by atoms with Gasteiger partial charge in [-0.05, 0) is 36.4 Å². The van der Waals surface area contributed by atoms with Crippen LogP contribution in [0.15, 0.2) is 29.6 Å². The quantitative estimate of drug-likeness (QED) is 0.733. The average molecular weight is 431 g/mol. The summed E-state index contributed by atoms with van der Waals surface area (Å²) in [7, 11) is 0. The normalized spacial score (nSPS) is 16.9. The van der Waals surface area contributed by atoms with E-state index in [9.17, 15) is 4.79 Å². The van der Waals surface area contributed by atoms with Crippen LogP contribution in [0.3, 0.4) is 0 Å². The van der Waals surface area contributed by atoms with Gasteiger partial charge in [0, 0.05) is 31.6 Å². The van der Waals surface area contributed by atoms with Crippen molar-refractivity contribution in [1.82, 2.24) is 15.2 Å². The molecule has 5 nitrogen and oxygen atoms in total. The zero-order valence-corrected chi connectivity index (χ0v) is 18.0. The summed E-state index contributed by atoms with van der Waals surface area (Å²) in [5.41, 5.74) is 8.40. The Hall–Kier alpha value is -1.18. The van der Waals surface area contributed by atoms with Gasteiger partial charge in [0.15, 0.2) is 0 Å². The number of nitrogens with two attached hydrogens (primary N) is 1. The van der Waals surface area contributed by atoms with E-state index < -0.39 is 0 Å². The fourth-order valence-corrected chi connectivity index (χ4v) is 3.89. The van der Waals surface area contributed by atoms with Gasteiger partial charge in [-0.25, -0.2) is 4.98 Å². The minimum absolute atomic E-state index is 0. The smallest absolute Gasteiger partial charge is 0.271 e. The molecule has 0 spiro atoms. The maximum absolute atomic E-state index is 12.1. The van der Waals surface area contributed by atoms with Crippen molar-refractivity contribution in [3.63, 3.8) is 0 Å². The van der Waals surface area contributed by atoms with E-state index in [1.807, 2.05) is 0 Å². The molecule has 1 amide bonds. The molecule has 1 saturated heterocycles. The molecular formula is C19H28Cl2N4OS. The van der Waals surface area contributed by atoms with Gasteiger partial charge in [-0.1, -0.05) is 31.2 Å². The molecule has 3 rings (SSSR count). The van der Waals surface area contributed by atoms with Gasteiger partial charge < -0.3 is 11.1 Å². The second-order valence-corrected chi connectivity index (χ2v) is 7.75. The van der Waals surface area contributed by atoms with Crippen LogP contribution in [0.5, 0.6) is 0 Å². The average Bonchev–Trinajstić information content (AvgIpc) is 3.10. The first kappa shape index (κ1) is 23.9.